The minimum absolute atomic E-state index is 0.136. The number of rotatable bonds is 4. The van der Waals surface area contributed by atoms with Gasteiger partial charge >= 0.3 is 0 Å². The van der Waals surface area contributed by atoms with Gasteiger partial charge in [-0.2, -0.15) is 0 Å². The molecule has 1 aromatic rings. The zero-order valence-corrected chi connectivity index (χ0v) is 11.6. The molecule has 3 heteroatoms. The van der Waals surface area contributed by atoms with Crippen molar-refractivity contribution in [3.63, 3.8) is 0 Å². The molecule has 3 rings (SSSR count). The van der Waals surface area contributed by atoms with Crippen LogP contribution >= 0.6 is 11.3 Å². The Hall–Kier alpha value is -0.410. The van der Waals surface area contributed by atoms with Gasteiger partial charge in [-0.3, -0.25) is 0 Å². The third kappa shape index (κ3) is 2.27. The Balaban J connectivity index is 1.88. The van der Waals surface area contributed by atoms with E-state index in [-0.39, 0.29) is 5.54 Å². The molecular weight excluding hydrogens is 228 g/mol. The summed E-state index contributed by atoms with van der Waals surface area (Å²) in [5, 5.41) is 7.39. The van der Waals surface area contributed by atoms with E-state index in [1.54, 1.807) is 0 Å². The number of nitrogens with one attached hydrogen (secondary N) is 1. The second-order valence-electron chi connectivity index (χ2n) is 5.90. The molecule has 2 aliphatic carbocycles. The van der Waals surface area contributed by atoms with Crippen molar-refractivity contribution < 1.29 is 0 Å². The first-order valence-electron chi connectivity index (χ1n) is 6.89. The standard InChI is InChI=1S/C14H22N2S/c1-10-9-17-13(15-10)14(2,16-12-7-8-12)11-5-3-4-6-11/h9,11-12,16H,3-8H2,1-2H3. The Bertz CT molecular complexity index is 391. The topological polar surface area (TPSA) is 24.9 Å². The molecule has 0 spiro atoms. The molecule has 2 aliphatic rings. The molecule has 0 bridgehead atoms. The van der Waals surface area contributed by atoms with E-state index in [1.165, 1.54) is 49.2 Å². The molecular formula is C14H22N2S. The highest BCUT2D eigenvalue weighted by Crippen LogP contribution is 2.43. The molecule has 1 N–H and O–H groups in total. The van der Waals surface area contributed by atoms with Crippen molar-refractivity contribution in [3.05, 3.63) is 16.1 Å². The van der Waals surface area contributed by atoms with Crippen molar-refractivity contribution in [3.8, 4) is 0 Å². The van der Waals surface area contributed by atoms with Gasteiger partial charge in [-0.25, -0.2) is 4.98 Å². The van der Waals surface area contributed by atoms with Crippen molar-refractivity contribution in [2.75, 3.05) is 0 Å². The normalized spacial score (nSPS) is 25.1. The maximum atomic E-state index is 4.76. The van der Waals surface area contributed by atoms with E-state index in [0.717, 1.165) is 12.0 Å². The molecule has 0 aromatic carbocycles. The molecule has 0 radical (unpaired) electrons. The SMILES string of the molecule is Cc1csc(C(C)(NC2CC2)C2CCCC2)n1. The van der Waals surface area contributed by atoms with Gasteiger partial charge in [0.05, 0.1) is 5.54 Å². The molecule has 1 aromatic heterocycles. The summed E-state index contributed by atoms with van der Waals surface area (Å²) < 4.78 is 0. The lowest BCUT2D eigenvalue weighted by molar-refractivity contribution is 0.231. The first kappa shape index (κ1) is 11.7. The summed E-state index contributed by atoms with van der Waals surface area (Å²) in [7, 11) is 0. The van der Waals surface area contributed by atoms with Crippen LogP contribution in [0.4, 0.5) is 0 Å². The molecule has 0 aliphatic heterocycles. The first-order valence-corrected chi connectivity index (χ1v) is 7.77. The molecule has 1 atom stereocenters. The second-order valence-corrected chi connectivity index (χ2v) is 6.75. The fraction of sp³-hybridized carbons (Fsp3) is 0.786. The van der Waals surface area contributed by atoms with Crippen LogP contribution in [0.2, 0.25) is 0 Å². The molecule has 0 saturated heterocycles. The number of nitrogens with zero attached hydrogens (tertiary/aromatic N) is 1. The Morgan fingerprint density at radius 3 is 2.53 bits per heavy atom. The fourth-order valence-corrected chi connectivity index (χ4v) is 4.10. The minimum Gasteiger partial charge on any atom is -0.303 e. The van der Waals surface area contributed by atoms with Crippen LogP contribution in [0, 0.1) is 12.8 Å². The Morgan fingerprint density at radius 1 is 1.29 bits per heavy atom. The van der Waals surface area contributed by atoms with Crippen LogP contribution in [0.25, 0.3) is 0 Å². The van der Waals surface area contributed by atoms with E-state index in [4.69, 9.17) is 4.98 Å². The average molecular weight is 250 g/mol. The van der Waals surface area contributed by atoms with E-state index in [9.17, 15) is 0 Å². The summed E-state index contributed by atoms with van der Waals surface area (Å²) in [6.45, 7) is 4.49. The van der Waals surface area contributed by atoms with Crippen LogP contribution in [-0.2, 0) is 5.54 Å². The van der Waals surface area contributed by atoms with Crippen LogP contribution < -0.4 is 5.32 Å². The average Bonchev–Trinajstić information content (AvgIpc) is 2.84. The summed E-state index contributed by atoms with van der Waals surface area (Å²) in [5.74, 6) is 0.786. The van der Waals surface area contributed by atoms with Gasteiger partial charge < -0.3 is 5.32 Å². The third-order valence-corrected chi connectivity index (χ3v) is 5.51. The maximum absolute atomic E-state index is 4.76. The van der Waals surface area contributed by atoms with E-state index < -0.39 is 0 Å². The van der Waals surface area contributed by atoms with Crippen molar-refractivity contribution in [1.82, 2.24) is 10.3 Å². The van der Waals surface area contributed by atoms with E-state index >= 15 is 0 Å². The smallest absolute Gasteiger partial charge is 0.113 e. The zero-order valence-electron chi connectivity index (χ0n) is 10.8. The van der Waals surface area contributed by atoms with E-state index in [2.05, 4.69) is 24.5 Å². The van der Waals surface area contributed by atoms with Gasteiger partial charge in [-0.15, -0.1) is 11.3 Å². The van der Waals surface area contributed by atoms with Crippen LogP contribution in [0.15, 0.2) is 5.38 Å². The van der Waals surface area contributed by atoms with Crippen LogP contribution in [0.1, 0.15) is 56.2 Å². The van der Waals surface area contributed by atoms with Crippen molar-refractivity contribution in [2.45, 2.75) is 64.0 Å². The predicted octanol–water partition coefficient (Wildman–Crippen LogP) is 3.61. The lowest BCUT2D eigenvalue weighted by Gasteiger charge is -2.35. The summed E-state index contributed by atoms with van der Waals surface area (Å²) in [5.41, 5.74) is 1.31. The molecule has 2 saturated carbocycles. The molecule has 0 amide bonds. The van der Waals surface area contributed by atoms with Gasteiger partial charge in [0.25, 0.3) is 0 Å². The van der Waals surface area contributed by atoms with Crippen LogP contribution in [0.5, 0.6) is 0 Å². The molecule has 1 heterocycles. The van der Waals surface area contributed by atoms with Gasteiger partial charge in [0.1, 0.15) is 5.01 Å². The van der Waals surface area contributed by atoms with Gasteiger partial charge in [-0.1, -0.05) is 12.8 Å². The number of hydrogen-bond acceptors (Lipinski definition) is 3. The van der Waals surface area contributed by atoms with Gasteiger partial charge in [0.2, 0.25) is 0 Å². The van der Waals surface area contributed by atoms with Gasteiger partial charge in [0, 0.05) is 17.1 Å². The minimum atomic E-state index is 0.136. The summed E-state index contributed by atoms with van der Waals surface area (Å²) in [6.07, 6.45) is 8.25. The van der Waals surface area contributed by atoms with E-state index in [0.29, 0.717) is 0 Å². The zero-order chi connectivity index (χ0) is 11.9. The summed E-state index contributed by atoms with van der Waals surface area (Å²) >= 11 is 1.84. The molecule has 2 fully saturated rings. The molecule has 17 heavy (non-hydrogen) atoms. The van der Waals surface area contributed by atoms with Crippen molar-refractivity contribution in [2.24, 2.45) is 5.92 Å². The predicted molar refractivity (Wildman–Crippen MR) is 72.3 cm³/mol. The molecule has 2 nitrogen and oxygen atoms in total. The first-order chi connectivity index (χ1) is 8.18. The Labute approximate surface area is 108 Å². The third-order valence-electron chi connectivity index (χ3n) is 4.32. The number of hydrogen-bond donors (Lipinski definition) is 1. The molecule has 94 valence electrons. The van der Waals surface area contributed by atoms with Crippen LogP contribution in [-0.4, -0.2) is 11.0 Å². The summed E-state index contributed by atoms with van der Waals surface area (Å²) in [6, 6.07) is 0.754. The molecule has 1 unspecified atom stereocenters. The monoisotopic (exact) mass is 250 g/mol. The van der Waals surface area contributed by atoms with Crippen molar-refractivity contribution in [1.29, 1.82) is 0 Å². The highest BCUT2D eigenvalue weighted by Gasteiger charge is 2.42. The van der Waals surface area contributed by atoms with Crippen LogP contribution in [0.3, 0.4) is 0 Å². The van der Waals surface area contributed by atoms with E-state index in [1.807, 2.05) is 11.3 Å². The largest absolute Gasteiger partial charge is 0.303 e. The number of aryl methyl sites for hydroxylation is 1. The highest BCUT2D eigenvalue weighted by molar-refractivity contribution is 7.09. The Morgan fingerprint density at radius 2 is 2.00 bits per heavy atom. The van der Waals surface area contributed by atoms with Crippen molar-refractivity contribution >= 4 is 11.3 Å². The number of thiazole rings is 1. The van der Waals surface area contributed by atoms with Gasteiger partial charge in [-0.05, 0) is 45.4 Å². The Kier molecular flexibility index (Phi) is 2.99. The number of aromatic nitrogens is 1. The maximum Gasteiger partial charge on any atom is 0.113 e. The highest BCUT2D eigenvalue weighted by atomic mass is 32.1. The second kappa shape index (κ2) is 4.36. The summed E-state index contributed by atoms with van der Waals surface area (Å²) in [4.78, 5) is 4.76. The lowest BCUT2D eigenvalue weighted by atomic mass is 9.84. The van der Waals surface area contributed by atoms with Gasteiger partial charge in [0.15, 0.2) is 0 Å². The lowest BCUT2D eigenvalue weighted by Crippen LogP contribution is -2.46. The quantitative estimate of drug-likeness (QED) is 0.883. The fourth-order valence-electron chi connectivity index (χ4n) is 3.10.